The quantitative estimate of drug-likeness (QED) is 0.498. The summed E-state index contributed by atoms with van der Waals surface area (Å²) in [7, 11) is 0. The molecule has 0 bridgehead atoms. The summed E-state index contributed by atoms with van der Waals surface area (Å²) in [6.45, 7) is 2.93. The number of aryl methyl sites for hydroxylation is 1. The van der Waals surface area contributed by atoms with Crippen molar-refractivity contribution in [1.82, 2.24) is 10.2 Å². The Hall–Kier alpha value is -2.33. The molecular formula is C18H17BrN2O6S. The number of benzene rings is 1. The summed E-state index contributed by atoms with van der Waals surface area (Å²) < 4.78 is 5.67. The summed E-state index contributed by atoms with van der Waals surface area (Å²) in [4.78, 5) is 48.9. The molecule has 28 heavy (non-hydrogen) atoms. The van der Waals surface area contributed by atoms with Crippen LogP contribution in [0.2, 0.25) is 0 Å². The maximum Gasteiger partial charge on any atom is 0.352 e. The molecule has 10 heteroatoms. The van der Waals surface area contributed by atoms with Gasteiger partial charge < -0.3 is 15.2 Å². The number of thioether (sulfide) groups is 1. The fourth-order valence-corrected chi connectivity index (χ4v) is 4.65. The molecule has 0 spiro atoms. The number of esters is 1. The first-order chi connectivity index (χ1) is 13.2. The van der Waals surface area contributed by atoms with E-state index >= 15 is 0 Å². The van der Waals surface area contributed by atoms with Gasteiger partial charge in [0.1, 0.15) is 23.7 Å². The third kappa shape index (κ3) is 3.79. The molecule has 2 amide bonds. The van der Waals surface area contributed by atoms with Crippen LogP contribution in [0.25, 0.3) is 0 Å². The van der Waals surface area contributed by atoms with Crippen molar-refractivity contribution in [2.24, 2.45) is 0 Å². The zero-order valence-corrected chi connectivity index (χ0v) is 17.4. The van der Waals surface area contributed by atoms with E-state index in [1.165, 1.54) is 18.7 Å². The van der Waals surface area contributed by atoms with Crippen molar-refractivity contribution < 1.29 is 29.0 Å². The summed E-state index contributed by atoms with van der Waals surface area (Å²) in [6.07, 6.45) is 0. The monoisotopic (exact) mass is 468 g/mol. The molecule has 2 atom stereocenters. The van der Waals surface area contributed by atoms with Gasteiger partial charge in [-0.2, -0.15) is 0 Å². The Kier molecular flexibility index (Phi) is 5.80. The van der Waals surface area contributed by atoms with Gasteiger partial charge in [-0.15, -0.1) is 11.8 Å². The molecule has 0 aromatic heterocycles. The third-order valence-electron chi connectivity index (χ3n) is 4.42. The van der Waals surface area contributed by atoms with Crippen molar-refractivity contribution in [2.45, 2.75) is 25.3 Å². The van der Waals surface area contributed by atoms with E-state index in [2.05, 4.69) is 21.2 Å². The molecule has 8 nitrogen and oxygen atoms in total. The zero-order chi connectivity index (χ0) is 20.6. The lowest BCUT2D eigenvalue weighted by Crippen LogP contribution is -2.70. The number of carboxylic acids is 1. The van der Waals surface area contributed by atoms with Crippen molar-refractivity contribution in [1.29, 1.82) is 0 Å². The first-order valence-corrected chi connectivity index (χ1v) is 10.1. The average Bonchev–Trinajstić information content (AvgIpc) is 2.65. The number of carbonyl (C=O) groups is 4. The number of ether oxygens (including phenoxy) is 1. The normalized spacial score (nSPS) is 21.0. The predicted molar refractivity (Wildman–Crippen MR) is 105 cm³/mol. The zero-order valence-electron chi connectivity index (χ0n) is 15.0. The molecule has 0 saturated carbocycles. The lowest BCUT2D eigenvalue weighted by atomic mass is 10.0. The van der Waals surface area contributed by atoms with Gasteiger partial charge in [0.15, 0.2) is 0 Å². The highest BCUT2D eigenvalue weighted by atomic mass is 79.9. The van der Waals surface area contributed by atoms with Crippen LogP contribution in [0.15, 0.2) is 33.9 Å². The number of hydrogen-bond acceptors (Lipinski definition) is 6. The molecule has 2 aliphatic rings. The molecule has 0 aliphatic carbocycles. The summed E-state index contributed by atoms with van der Waals surface area (Å²) in [5.74, 6) is -2.44. The van der Waals surface area contributed by atoms with Gasteiger partial charge in [0.25, 0.3) is 11.8 Å². The molecule has 2 N–H and O–H groups in total. The van der Waals surface area contributed by atoms with E-state index in [4.69, 9.17) is 4.74 Å². The number of hydrogen-bond donors (Lipinski definition) is 2. The number of nitrogens with one attached hydrogen (secondary N) is 1. The van der Waals surface area contributed by atoms with Gasteiger partial charge in [0.2, 0.25) is 0 Å². The van der Waals surface area contributed by atoms with Gasteiger partial charge in [-0.1, -0.05) is 22.0 Å². The van der Waals surface area contributed by atoms with Crippen LogP contribution >= 0.6 is 27.7 Å². The third-order valence-corrected chi connectivity index (χ3v) is 6.61. The number of fused-ring (bicyclic) bond motifs is 1. The molecule has 1 saturated heterocycles. The Labute approximate surface area is 173 Å². The Morgan fingerprint density at radius 1 is 1.39 bits per heavy atom. The lowest BCUT2D eigenvalue weighted by Gasteiger charge is -2.49. The van der Waals surface area contributed by atoms with Crippen LogP contribution in [0, 0.1) is 6.92 Å². The van der Waals surface area contributed by atoms with Gasteiger partial charge in [-0.05, 0) is 24.6 Å². The van der Waals surface area contributed by atoms with E-state index < -0.39 is 35.2 Å². The molecule has 1 aromatic rings. The fourth-order valence-electron chi connectivity index (χ4n) is 2.94. The van der Waals surface area contributed by atoms with Gasteiger partial charge in [-0.3, -0.25) is 19.3 Å². The fraction of sp³-hybridized carbons (Fsp3) is 0.333. The van der Waals surface area contributed by atoms with Crippen molar-refractivity contribution in [3.63, 3.8) is 0 Å². The Balaban J connectivity index is 1.76. The van der Waals surface area contributed by atoms with E-state index in [9.17, 15) is 24.3 Å². The summed E-state index contributed by atoms with van der Waals surface area (Å²) in [6, 6.07) is 4.29. The SMILES string of the molecule is CC(=O)OCC1=C(C(=O)O)N2C(=O)[C@@H](NC(=O)c3ccc(C)c(Br)c3)[C@H]2SC1. The minimum absolute atomic E-state index is 0.182. The van der Waals surface area contributed by atoms with Crippen molar-refractivity contribution in [3.8, 4) is 0 Å². The number of rotatable bonds is 5. The van der Waals surface area contributed by atoms with E-state index in [0.29, 0.717) is 11.1 Å². The molecule has 148 valence electrons. The highest BCUT2D eigenvalue weighted by Gasteiger charge is 2.54. The molecule has 2 aliphatic heterocycles. The average molecular weight is 469 g/mol. The highest BCUT2D eigenvalue weighted by Crippen LogP contribution is 2.40. The second kappa shape index (κ2) is 7.96. The summed E-state index contributed by atoms with van der Waals surface area (Å²) in [5.41, 5.74) is 1.54. The van der Waals surface area contributed by atoms with Crippen molar-refractivity contribution >= 4 is 51.4 Å². The summed E-state index contributed by atoms with van der Waals surface area (Å²) in [5, 5.41) is 11.7. The molecular weight excluding hydrogens is 452 g/mol. The number of carbonyl (C=O) groups excluding carboxylic acids is 3. The van der Waals surface area contributed by atoms with Crippen LogP contribution in [-0.4, -0.2) is 57.5 Å². The van der Waals surface area contributed by atoms with Gasteiger partial charge in [0.05, 0.1) is 0 Å². The smallest absolute Gasteiger partial charge is 0.352 e. The van der Waals surface area contributed by atoms with Gasteiger partial charge >= 0.3 is 11.9 Å². The van der Waals surface area contributed by atoms with Crippen LogP contribution < -0.4 is 5.32 Å². The number of carboxylic acid groups (broad SMARTS) is 1. The van der Waals surface area contributed by atoms with E-state index in [1.54, 1.807) is 18.2 Å². The van der Waals surface area contributed by atoms with Crippen molar-refractivity contribution in [2.75, 3.05) is 12.4 Å². The second-order valence-electron chi connectivity index (χ2n) is 6.36. The number of nitrogens with zero attached hydrogens (tertiary/aromatic N) is 1. The molecule has 1 fully saturated rings. The van der Waals surface area contributed by atoms with Crippen LogP contribution in [0.3, 0.4) is 0 Å². The Morgan fingerprint density at radius 2 is 2.11 bits per heavy atom. The van der Waals surface area contributed by atoms with Gasteiger partial charge in [-0.25, -0.2) is 4.79 Å². The largest absolute Gasteiger partial charge is 0.477 e. The molecule has 3 rings (SSSR count). The van der Waals surface area contributed by atoms with E-state index in [0.717, 1.165) is 14.9 Å². The highest BCUT2D eigenvalue weighted by molar-refractivity contribution is 9.10. The first-order valence-electron chi connectivity index (χ1n) is 8.31. The van der Waals surface area contributed by atoms with E-state index in [1.807, 2.05) is 6.92 Å². The van der Waals surface area contributed by atoms with E-state index in [-0.39, 0.29) is 18.1 Å². The maximum atomic E-state index is 12.6. The minimum Gasteiger partial charge on any atom is -0.477 e. The Bertz CT molecular complexity index is 915. The number of amides is 2. The number of halogens is 1. The molecule has 1 aromatic carbocycles. The minimum atomic E-state index is -1.27. The number of β-lactam (4-membered cyclic amide) rings is 1. The van der Waals surface area contributed by atoms with Crippen LogP contribution in [-0.2, 0) is 19.1 Å². The first kappa shape index (κ1) is 20.4. The topological polar surface area (TPSA) is 113 Å². The number of aliphatic carboxylic acids is 1. The molecule has 0 unspecified atom stereocenters. The standard InChI is InChI=1S/C18H17BrN2O6S/c1-8-3-4-10(5-12(8)19)15(23)20-13-16(24)21-14(18(25)26)11(6-27-9(2)22)7-28-17(13)21/h3-5,13,17H,6-7H2,1-2H3,(H,20,23)(H,25,26)/t13-,17-/m1/s1. The predicted octanol–water partition coefficient (Wildman–Crippen LogP) is 1.67. The maximum absolute atomic E-state index is 12.6. The second-order valence-corrected chi connectivity index (χ2v) is 8.32. The van der Waals surface area contributed by atoms with Crippen LogP contribution in [0.4, 0.5) is 0 Å². The van der Waals surface area contributed by atoms with Crippen molar-refractivity contribution in [3.05, 3.63) is 45.1 Å². The lowest BCUT2D eigenvalue weighted by molar-refractivity contribution is -0.149. The van der Waals surface area contributed by atoms with Crippen LogP contribution in [0.1, 0.15) is 22.8 Å². The molecule has 2 heterocycles. The summed E-state index contributed by atoms with van der Waals surface area (Å²) >= 11 is 4.68. The van der Waals surface area contributed by atoms with Gasteiger partial charge in [0, 0.05) is 28.3 Å². The Morgan fingerprint density at radius 3 is 2.71 bits per heavy atom. The van der Waals surface area contributed by atoms with Crippen LogP contribution in [0.5, 0.6) is 0 Å². The molecule has 0 radical (unpaired) electrons.